The first-order chi connectivity index (χ1) is 8.88. The van der Waals surface area contributed by atoms with Gasteiger partial charge in [0, 0.05) is 25.7 Å². The maximum absolute atomic E-state index is 5.50. The van der Waals surface area contributed by atoms with Crippen molar-refractivity contribution in [1.82, 2.24) is 10.2 Å². The maximum Gasteiger partial charge on any atom is 0.0620 e. The van der Waals surface area contributed by atoms with E-state index in [1.165, 1.54) is 58.2 Å². The zero-order valence-corrected chi connectivity index (χ0v) is 11.7. The highest BCUT2D eigenvalue weighted by atomic mass is 16.5. The van der Waals surface area contributed by atoms with Crippen molar-refractivity contribution in [3.05, 3.63) is 0 Å². The lowest BCUT2D eigenvalue weighted by Gasteiger charge is -2.36. The second-order valence-electron chi connectivity index (χ2n) is 6.50. The van der Waals surface area contributed by atoms with Crippen LogP contribution in [0.25, 0.3) is 0 Å². The molecule has 1 aliphatic heterocycles. The molecule has 18 heavy (non-hydrogen) atoms. The summed E-state index contributed by atoms with van der Waals surface area (Å²) in [5.41, 5.74) is 0. The largest absolute Gasteiger partial charge is 0.383 e. The highest BCUT2D eigenvalue weighted by molar-refractivity contribution is 4.96. The molecule has 2 unspecified atom stereocenters. The molecule has 0 amide bonds. The minimum Gasteiger partial charge on any atom is -0.383 e. The topological polar surface area (TPSA) is 24.5 Å². The van der Waals surface area contributed by atoms with Crippen LogP contribution in [0.5, 0.6) is 0 Å². The molecule has 2 atom stereocenters. The molecule has 3 nitrogen and oxygen atoms in total. The molecule has 1 N–H and O–H groups in total. The molecule has 1 saturated heterocycles. The van der Waals surface area contributed by atoms with Crippen molar-refractivity contribution >= 4 is 0 Å². The Balaban J connectivity index is 1.58. The molecule has 0 spiro atoms. The van der Waals surface area contributed by atoms with Gasteiger partial charge in [0.05, 0.1) is 6.61 Å². The predicted octanol–water partition coefficient (Wildman–Crippen LogP) is 1.88. The summed E-state index contributed by atoms with van der Waals surface area (Å²) in [6.07, 6.45) is 8.49. The molecule has 3 rings (SSSR count). The number of nitrogens with zero attached hydrogens (tertiary/aromatic N) is 1. The second-order valence-corrected chi connectivity index (χ2v) is 6.50. The van der Waals surface area contributed by atoms with Gasteiger partial charge in [-0.2, -0.15) is 0 Å². The van der Waals surface area contributed by atoms with Gasteiger partial charge in [-0.25, -0.2) is 0 Å². The Morgan fingerprint density at radius 2 is 2.06 bits per heavy atom. The normalized spacial score (nSPS) is 30.7. The molecule has 0 aromatic heterocycles. The summed E-state index contributed by atoms with van der Waals surface area (Å²) in [6, 6.07) is 1.59. The maximum atomic E-state index is 5.50. The molecule has 1 heterocycles. The fourth-order valence-corrected chi connectivity index (χ4v) is 3.49. The summed E-state index contributed by atoms with van der Waals surface area (Å²) in [5.74, 6) is 1.81. The average molecular weight is 252 g/mol. The quantitative estimate of drug-likeness (QED) is 0.749. The van der Waals surface area contributed by atoms with E-state index in [0.29, 0.717) is 6.04 Å². The summed E-state index contributed by atoms with van der Waals surface area (Å²) in [7, 11) is 1.86. The van der Waals surface area contributed by atoms with Gasteiger partial charge in [-0.1, -0.05) is 0 Å². The van der Waals surface area contributed by atoms with E-state index in [1.54, 1.807) is 0 Å². The minimum absolute atomic E-state index is 0.712. The van der Waals surface area contributed by atoms with Crippen molar-refractivity contribution in [2.24, 2.45) is 11.8 Å². The Morgan fingerprint density at radius 1 is 1.22 bits per heavy atom. The second kappa shape index (κ2) is 5.89. The van der Waals surface area contributed by atoms with Crippen LogP contribution in [0.1, 0.15) is 38.5 Å². The summed E-state index contributed by atoms with van der Waals surface area (Å²) < 4.78 is 5.50. The number of methoxy groups -OCH3 is 1. The van der Waals surface area contributed by atoms with Gasteiger partial charge in [-0.15, -0.1) is 0 Å². The first-order valence-corrected chi connectivity index (χ1v) is 7.84. The first-order valence-electron chi connectivity index (χ1n) is 7.84. The molecule has 3 heteroatoms. The number of hydrogen-bond acceptors (Lipinski definition) is 3. The highest BCUT2D eigenvalue weighted by Crippen LogP contribution is 2.40. The van der Waals surface area contributed by atoms with Crippen LogP contribution in [0.4, 0.5) is 0 Å². The lowest BCUT2D eigenvalue weighted by Crippen LogP contribution is -2.47. The van der Waals surface area contributed by atoms with Crippen molar-refractivity contribution < 1.29 is 4.74 Å². The van der Waals surface area contributed by atoms with Gasteiger partial charge in [0.1, 0.15) is 0 Å². The van der Waals surface area contributed by atoms with E-state index in [4.69, 9.17) is 4.74 Å². The number of hydrogen-bond donors (Lipinski definition) is 1. The van der Waals surface area contributed by atoms with Crippen molar-refractivity contribution in [3.63, 3.8) is 0 Å². The van der Waals surface area contributed by atoms with Crippen LogP contribution in [0.3, 0.4) is 0 Å². The fraction of sp³-hybridized carbons (Fsp3) is 1.00. The molecule has 0 aromatic carbocycles. The molecular weight excluding hydrogens is 224 g/mol. The zero-order chi connectivity index (χ0) is 12.4. The van der Waals surface area contributed by atoms with E-state index in [1.807, 2.05) is 7.11 Å². The molecule has 2 saturated carbocycles. The fourth-order valence-electron chi connectivity index (χ4n) is 3.49. The molecular formula is C15H28N2O. The SMILES string of the molecule is COCC(C1CC1)N(CC1CCCNC1)C1CC1. The van der Waals surface area contributed by atoms with Gasteiger partial charge >= 0.3 is 0 Å². The summed E-state index contributed by atoms with van der Waals surface area (Å²) >= 11 is 0. The highest BCUT2D eigenvalue weighted by Gasteiger charge is 2.42. The smallest absolute Gasteiger partial charge is 0.0620 e. The van der Waals surface area contributed by atoms with Gasteiger partial charge in [0.2, 0.25) is 0 Å². The van der Waals surface area contributed by atoms with Crippen molar-refractivity contribution in [2.45, 2.75) is 50.6 Å². The van der Waals surface area contributed by atoms with E-state index in [2.05, 4.69) is 10.2 Å². The summed E-state index contributed by atoms with van der Waals surface area (Å²) in [6.45, 7) is 4.71. The standard InChI is InChI=1S/C15H28N2O/c1-18-11-15(13-4-5-13)17(14-6-7-14)10-12-3-2-8-16-9-12/h12-16H,2-11H2,1H3. The van der Waals surface area contributed by atoms with Crippen LogP contribution < -0.4 is 5.32 Å². The number of ether oxygens (including phenoxy) is 1. The van der Waals surface area contributed by atoms with Crippen LogP contribution in [-0.2, 0) is 4.74 Å². The Kier molecular flexibility index (Phi) is 4.22. The van der Waals surface area contributed by atoms with Gasteiger partial charge in [-0.05, 0) is 63.5 Å². The van der Waals surface area contributed by atoms with Crippen molar-refractivity contribution in [1.29, 1.82) is 0 Å². The van der Waals surface area contributed by atoms with Crippen LogP contribution in [0.15, 0.2) is 0 Å². The Labute approximate surface area is 111 Å². The predicted molar refractivity (Wildman–Crippen MR) is 73.7 cm³/mol. The Hall–Kier alpha value is -0.120. The van der Waals surface area contributed by atoms with Crippen LogP contribution in [0, 0.1) is 11.8 Å². The number of nitrogens with one attached hydrogen (secondary N) is 1. The van der Waals surface area contributed by atoms with E-state index < -0.39 is 0 Å². The minimum atomic E-state index is 0.712. The van der Waals surface area contributed by atoms with Gasteiger partial charge < -0.3 is 10.1 Å². The molecule has 2 aliphatic carbocycles. The molecule has 0 radical (unpaired) electrons. The number of rotatable bonds is 7. The molecule has 3 fully saturated rings. The third kappa shape index (κ3) is 3.25. The molecule has 104 valence electrons. The number of piperidine rings is 1. The zero-order valence-electron chi connectivity index (χ0n) is 11.7. The van der Waals surface area contributed by atoms with Gasteiger partial charge in [0.15, 0.2) is 0 Å². The van der Waals surface area contributed by atoms with Gasteiger partial charge in [-0.3, -0.25) is 4.90 Å². The molecule has 0 bridgehead atoms. The lowest BCUT2D eigenvalue weighted by atomic mass is 9.97. The van der Waals surface area contributed by atoms with E-state index in [9.17, 15) is 0 Å². The van der Waals surface area contributed by atoms with Crippen molar-refractivity contribution in [2.75, 3.05) is 33.4 Å². The van der Waals surface area contributed by atoms with Gasteiger partial charge in [0.25, 0.3) is 0 Å². The van der Waals surface area contributed by atoms with Crippen LogP contribution >= 0.6 is 0 Å². The van der Waals surface area contributed by atoms with E-state index in [-0.39, 0.29) is 0 Å². The summed E-state index contributed by atoms with van der Waals surface area (Å²) in [4.78, 5) is 2.82. The lowest BCUT2D eigenvalue weighted by molar-refractivity contribution is 0.0580. The molecule has 0 aromatic rings. The Morgan fingerprint density at radius 3 is 2.61 bits per heavy atom. The Bertz CT molecular complexity index is 257. The summed E-state index contributed by atoms with van der Waals surface area (Å²) in [5, 5.41) is 3.56. The third-order valence-corrected chi connectivity index (χ3v) is 4.81. The van der Waals surface area contributed by atoms with E-state index in [0.717, 1.165) is 24.5 Å². The van der Waals surface area contributed by atoms with Crippen molar-refractivity contribution in [3.8, 4) is 0 Å². The van der Waals surface area contributed by atoms with Crippen LogP contribution in [0.2, 0.25) is 0 Å². The third-order valence-electron chi connectivity index (χ3n) is 4.81. The first kappa shape index (κ1) is 12.9. The monoisotopic (exact) mass is 252 g/mol. The van der Waals surface area contributed by atoms with E-state index >= 15 is 0 Å². The van der Waals surface area contributed by atoms with Crippen LogP contribution in [-0.4, -0.2) is 50.3 Å². The average Bonchev–Trinajstić information content (AvgIpc) is 3.28. The molecule has 3 aliphatic rings.